The number of hydrogen-bond donors (Lipinski definition) is 0. The number of ether oxygens (including phenoxy) is 1. The van der Waals surface area contributed by atoms with E-state index in [1.165, 1.54) is 0 Å². The molecule has 0 atom stereocenters. The van der Waals surface area contributed by atoms with Crippen LogP contribution in [0.25, 0.3) is 0 Å². The highest BCUT2D eigenvalue weighted by atomic mass is 16.6. The van der Waals surface area contributed by atoms with Crippen molar-refractivity contribution in [2.75, 3.05) is 0 Å². The third-order valence-electron chi connectivity index (χ3n) is 3.44. The molecule has 2 saturated carbocycles. The Morgan fingerprint density at radius 3 is 2.33 bits per heavy atom. The molecule has 0 aliphatic heterocycles. The fourth-order valence-corrected chi connectivity index (χ4v) is 2.45. The summed E-state index contributed by atoms with van der Waals surface area (Å²) in [6.07, 6.45) is 3.13. The van der Waals surface area contributed by atoms with Gasteiger partial charge in [0.2, 0.25) is 0 Å². The largest absolute Gasteiger partial charge is 0.460 e. The highest BCUT2D eigenvalue weighted by Crippen LogP contribution is 2.56. The number of carbonyl (C=O) groups is 2. The minimum Gasteiger partial charge on any atom is -0.460 e. The van der Waals surface area contributed by atoms with Gasteiger partial charge in [0.1, 0.15) is 11.4 Å². The lowest BCUT2D eigenvalue weighted by Gasteiger charge is -2.51. The maximum absolute atomic E-state index is 11.6. The van der Waals surface area contributed by atoms with E-state index in [9.17, 15) is 9.59 Å². The van der Waals surface area contributed by atoms with Crippen LogP contribution in [0.1, 0.15) is 46.5 Å². The average molecular weight is 210 g/mol. The highest BCUT2D eigenvalue weighted by Gasteiger charge is 2.57. The van der Waals surface area contributed by atoms with Crippen LogP contribution in [-0.2, 0) is 14.3 Å². The third-order valence-corrected chi connectivity index (χ3v) is 3.44. The molecule has 2 aliphatic carbocycles. The van der Waals surface area contributed by atoms with Crippen molar-refractivity contribution in [3.63, 3.8) is 0 Å². The van der Waals surface area contributed by atoms with Gasteiger partial charge in [-0.1, -0.05) is 0 Å². The zero-order chi connectivity index (χ0) is 11.3. The Balaban J connectivity index is 1.84. The second-order valence-electron chi connectivity index (χ2n) is 5.84. The number of hydrogen-bond acceptors (Lipinski definition) is 3. The Bertz CT molecular complexity index is 305. The average Bonchev–Trinajstić information content (AvgIpc) is 1.95. The van der Waals surface area contributed by atoms with E-state index in [0.717, 1.165) is 19.3 Å². The van der Waals surface area contributed by atoms with Gasteiger partial charge in [-0.2, -0.15) is 0 Å². The smallest absolute Gasteiger partial charge is 0.309 e. The molecule has 0 aromatic rings. The molecule has 0 amide bonds. The van der Waals surface area contributed by atoms with E-state index >= 15 is 0 Å². The number of rotatable bonds is 1. The maximum Gasteiger partial charge on any atom is 0.309 e. The molecule has 84 valence electrons. The predicted molar refractivity (Wildman–Crippen MR) is 55.2 cm³/mol. The Morgan fingerprint density at radius 2 is 2.00 bits per heavy atom. The molecule has 3 nitrogen and oxygen atoms in total. The Kier molecular flexibility index (Phi) is 2.18. The summed E-state index contributed by atoms with van der Waals surface area (Å²) in [6, 6.07) is 0. The van der Waals surface area contributed by atoms with Crippen molar-refractivity contribution in [3.8, 4) is 0 Å². The van der Waals surface area contributed by atoms with E-state index in [1.807, 2.05) is 20.8 Å². The van der Waals surface area contributed by atoms with Gasteiger partial charge < -0.3 is 4.74 Å². The lowest BCUT2D eigenvalue weighted by molar-refractivity contribution is -0.175. The normalized spacial score (nSPS) is 34.6. The molecule has 0 aromatic carbocycles. The van der Waals surface area contributed by atoms with Crippen molar-refractivity contribution in [2.45, 2.75) is 52.1 Å². The summed E-state index contributed by atoms with van der Waals surface area (Å²) >= 11 is 0. The van der Waals surface area contributed by atoms with Gasteiger partial charge in [0.15, 0.2) is 0 Å². The molecule has 2 fully saturated rings. The van der Waals surface area contributed by atoms with E-state index in [0.29, 0.717) is 12.2 Å². The van der Waals surface area contributed by atoms with Gasteiger partial charge in [-0.25, -0.2) is 0 Å². The molecule has 0 radical (unpaired) electrons. The Labute approximate surface area is 90.2 Å². The first-order valence-electron chi connectivity index (χ1n) is 5.59. The summed E-state index contributed by atoms with van der Waals surface area (Å²) in [5, 5.41) is 0. The topological polar surface area (TPSA) is 43.4 Å². The number of esters is 1. The first-order valence-corrected chi connectivity index (χ1v) is 5.59. The Hall–Kier alpha value is -0.860. The molecule has 0 heterocycles. The second-order valence-corrected chi connectivity index (χ2v) is 5.84. The van der Waals surface area contributed by atoms with Gasteiger partial charge in [-0.3, -0.25) is 9.59 Å². The molecule has 2 aliphatic rings. The lowest BCUT2D eigenvalue weighted by Crippen LogP contribution is -2.53. The van der Waals surface area contributed by atoms with Crippen molar-refractivity contribution < 1.29 is 14.3 Å². The molecule has 0 N–H and O–H groups in total. The highest BCUT2D eigenvalue weighted by molar-refractivity contribution is 5.93. The zero-order valence-electron chi connectivity index (χ0n) is 9.63. The van der Waals surface area contributed by atoms with Gasteiger partial charge in [0.25, 0.3) is 0 Å². The number of carbonyl (C=O) groups excluding carboxylic acids is 2. The summed E-state index contributed by atoms with van der Waals surface area (Å²) in [6.45, 7) is 5.61. The lowest BCUT2D eigenvalue weighted by atomic mass is 9.51. The fraction of sp³-hybridized carbons (Fsp3) is 0.833. The molecule has 1 spiro atoms. The van der Waals surface area contributed by atoms with Crippen molar-refractivity contribution in [1.82, 2.24) is 0 Å². The van der Waals surface area contributed by atoms with Crippen LogP contribution in [0.3, 0.4) is 0 Å². The van der Waals surface area contributed by atoms with Crippen LogP contribution < -0.4 is 0 Å². The van der Waals surface area contributed by atoms with Crippen molar-refractivity contribution in [1.29, 1.82) is 0 Å². The van der Waals surface area contributed by atoms with Crippen LogP contribution in [0.15, 0.2) is 0 Å². The molecule has 0 saturated heterocycles. The summed E-state index contributed by atoms with van der Waals surface area (Å²) in [5.41, 5.74) is -0.523. The molecular formula is C12H18O3. The minimum atomic E-state index is -0.413. The predicted octanol–water partition coefficient (Wildman–Crippen LogP) is 2.09. The first-order chi connectivity index (χ1) is 6.82. The van der Waals surface area contributed by atoms with E-state index in [4.69, 9.17) is 4.74 Å². The zero-order valence-corrected chi connectivity index (χ0v) is 9.63. The molecule has 0 unspecified atom stereocenters. The molecule has 2 rings (SSSR count). The molecule has 3 heteroatoms. The first kappa shape index (κ1) is 10.7. The van der Waals surface area contributed by atoms with Crippen LogP contribution in [0, 0.1) is 11.3 Å². The Morgan fingerprint density at radius 1 is 1.40 bits per heavy atom. The minimum absolute atomic E-state index is 0.0338. The molecule has 0 aromatic heterocycles. The summed E-state index contributed by atoms with van der Waals surface area (Å²) in [5.74, 6) is 0.184. The van der Waals surface area contributed by atoms with Crippen LogP contribution in [-0.4, -0.2) is 17.4 Å². The van der Waals surface area contributed by atoms with E-state index in [2.05, 4.69) is 0 Å². The SMILES string of the molecule is CC(C)(C)OC(=O)C1CC2(CCC2=O)C1. The summed E-state index contributed by atoms with van der Waals surface area (Å²) < 4.78 is 5.29. The van der Waals surface area contributed by atoms with Crippen molar-refractivity contribution in [2.24, 2.45) is 11.3 Å². The number of Topliss-reactive ketones (excluding diaryl/α,β-unsaturated/α-hetero) is 1. The van der Waals surface area contributed by atoms with Gasteiger partial charge in [0.05, 0.1) is 5.92 Å². The van der Waals surface area contributed by atoms with E-state index < -0.39 is 5.60 Å². The van der Waals surface area contributed by atoms with Crippen molar-refractivity contribution >= 4 is 11.8 Å². The van der Waals surface area contributed by atoms with Gasteiger partial charge in [-0.15, -0.1) is 0 Å². The fourth-order valence-electron chi connectivity index (χ4n) is 2.45. The van der Waals surface area contributed by atoms with Gasteiger partial charge in [0, 0.05) is 11.8 Å². The van der Waals surface area contributed by atoms with Gasteiger partial charge >= 0.3 is 5.97 Å². The molecule has 15 heavy (non-hydrogen) atoms. The summed E-state index contributed by atoms with van der Waals surface area (Å²) in [7, 11) is 0. The van der Waals surface area contributed by atoms with Crippen LogP contribution in [0.5, 0.6) is 0 Å². The van der Waals surface area contributed by atoms with Crippen LogP contribution >= 0.6 is 0 Å². The van der Waals surface area contributed by atoms with Crippen LogP contribution in [0.2, 0.25) is 0 Å². The second kappa shape index (κ2) is 3.06. The van der Waals surface area contributed by atoms with E-state index in [1.54, 1.807) is 0 Å². The standard InChI is InChI=1S/C12H18O3/c1-11(2,3)15-10(14)8-6-12(7-8)5-4-9(12)13/h8H,4-7H2,1-3H3. The molecular weight excluding hydrogens is 192 g/mol. The van der Waals surface area contributed by atoms with Crippen LogP contribution in [0.4, 0.5) is 0 Å². The third kappa shape index (κ3) is 1.80. The van der Waals surface area contributed by atoms with Gasteiger partial charge in [-0.05, 0) is 40.0 Å². The molecule has 0 bridgehead atoms. The van der Waals surface area contributed by atoms with Crippen molar-refractivity contribution in [3.05, 3.63) is 0 Å². The van der Waals surface area contributed by atoms with E-state index in [-0.39, 0.29) is 17.3 Å². The summed E-state index contributed by atoms with van der Waals surface area (Å²) in [4.78, 5) is 23.0. The number of ketones is 1. The maximum atomic E-state index is 11.6. The quantitative estimate of drug-likeness (QED) is 0.622. The monoisotopic (exact) mass is 210 g/mol.